The maximum atomic E-state index is 13.3. The summed E-state index contributed by atoms with van der Waals surface area (Å²) in [6.45, 7) is 1.88. The van der Waals surface area contributed by atoms with E-state index in [2.05, 4.69) is 10.4 Å². The van der Waals surface area contributed by atoms with Gasteiger partial charge in [0.05, 0.1) is 24.2 Å². The molecule has 1 aromatic carbocycles. The standard InChI is InChI=1S/C14H13ClF3N3O2/c1-2-7-23-13(22)20-11-8-19-21(12(11)14(16,17)18)10-5-3-9(15)4-6-10/h3-6,8H,2,7H2,1H3,(H,20,22). The normalized spacial score (nSPS) is 11.3. The number of hydrogen-bond donors (Lipinski definition) is 1. The smallest absolute Gasteiger partial charge is 0.435 e. The lowest BCUT2D eigenvalue weighted by Crippen LogP contribution is -2.19. The van der Waals surface area contributed by atoms with Crippen LogP contribution < -0.4 is 5.32 Å². The van der Waals surface area contributed by atoms with Crippen LogP contribution in [0.1, 0.15) is 19.0 Å². The number of nitrogens with zero attached hydrogens (tertiary/aromatic N) is 2. The fraction of sp³-hybridized carbons (Fsp3) is 0.286. The molecule has 0 unspecified atom stereocenters. The van der Waals surface area contributed by atoms with Crippen molar-refractivity contribution < 1.29 is 22.7 Å². The number of alkyl halides is 3. The number of aromatic nitrogens is 2. The molecule has 0 atom stereocenters. The van der Waals surface area contributed by atoms with Gasteiger partial charge < -0.3 is 4.74 Å². The van der Waals surface area contributed by atoms with Crippen LogP contribution in [0.2, 0.25) is 5.02 Å². The molecule has 1 N–H and O–H groups in total. The van der Waals surface area contributed by atoms with E-state index in [0.29, 0.717) is 16.1 Å². The van der Waals surface area contributed by atoms with Crippen molar-refractivity contribution in [2.75, 3.05) is 11.9 Å². The molecule has 0 bridgehead atoms. The third kappa shape index (κ3) is 4.16. The monoisotopic (exact) mass is 347 g/mol. The lowest BCUT2D eigenvalue weighted by atomic mass is 10.3. The number of benzene rings is 1. The molecule has 124 valence electrons. The first-order valence-corrected chi connectivity index (χ1v) is 7.05. The number of nitrogens with one attached hydrogen (secondary N) is 1. The number of anilines is 1. The summed E-state index contributed by atoms with van der Waals surface area (Å²) < 4.78 is 45.4. The van der Waals surface area contributed by atoms with Gasteiger partial charge in [0.2, 0.25) is 0 Å². The zero-order valence-electron chi connectivity index (χ0n) is 12.0. The Kier molecular flexibility index (Phi) is 5.15. The summed E-state index contributed by atoms with van der Waals surface area (Å²) in [4.78, 5) is 11.5. The average Bonchev–Trinajstić information content (AvgIpc) is 2.89. The Morgan fingerprint density at radius 2 is 2.00 bits per heavy atom. The molecule has 0 saturated carbocycles. The Hall–Kier alpha value is -2.22. The molecule has 23 heavy (non-hydrogen) atoms. The molecule has 2 aromatic rings. The molecule has 9 heteroatoms. The molecule has 1 amide bonds. The maximum Gasteiger partial charge on any atom is 0.435 e. The second-order valence-corrected chi connectivity index (χ2v) is 4.99. The summed E-state index contributed by atoms with van der Waals surface area (Å²) in [5.74, 6) is 0. The minimum Gasteiger partial charge on any atom is -0.449 e. The zero-order valence-corrected chi connectivity index (χ0v) is 12.8. The van der Waals surface area contributed by atoms with Gasteiger partial charge in [-0.3, -0.25) is 5.32 Å². The molecule has 0 aliphatic carbocycles. The second kappa shape index (κ2) is 6.91. The van der Waals surface area contributed by atoms with Crippen LogP contribution in [0.3, 0.4) is 0 Å². The predicted molar refractivity (Wildman–Crippen MR) is 78.8 cm³/mol. The molecule has 0 radical (unpaired) electrons. The predicted octanol–water partition coefficient (Wildman–Crippen LogP) is 4.50. The molecule has 0 spiro atoms. The van der Waals surface area contributed by atoms with E-state index in [1.807, 2.05) is 0 Å². The van der Waals surface area contributed by atoms with Crippen molar-refractivity contribution in [3.8, 4) is 5.69 Å². The van der Waals surface area contributed by atoms with Gasteiger partial charge in [-0.05, 0) is 30.7 Å². The van der Waals surface area contributed by atoms with Gasteiger partial charge in [0.15, 0.2) is 5.69 Å². The Labute approximate surface area is 135 Å². The number of carbonyl (C=O) groups excluding carboxylic acids is 1. The molecule has 0 aliphatic rings. The van der Waals surface area contributed by atoms with Crippen molar-refractivity contribution in [2.45, 2.75) is 19.5 Å². The summed E-state index contributed by atoms with van der Waals surface area (Å²) in [6.07, 6.45) is -4.20. The van der Waals surface area contributed by atoms with E-state index in [0.717, 1.165) is 6.20 Å². The number of ether oxygens (including phenoxy) is 1. The number of halogens is 4. The van der Waals surface area contributed by atoms with Crippen molar-refractivity contribution in [3.63, 3.8) is 0 Å². The van der Waals surface area contributed by atoms with E-state index in [1.165, 1.54) is 24.3 Å². The topological polar surface area (TPSA) is 56.1 Å². The van der Waals surface area contributed by atoms with Gasteiger partial charge in [-0.15, -0.1) is 0 Å². The van der Waals surface area contributed by atoms with E-state index in [4.69, 9.17) is 16.3 Å². The van der Waals surface area contributed by atoms with Crippen LogP contribution in [0.15, 0.2) is 30.5 Å². The largest absolute Gasteiger partial charge is 0.449 e. The SMILES string of the molecule is CCCOC(=O)Nc1cnn(-c2ccc(Cl)cc2)c1C(F)(F)F. The molecule has 1 aromatic heterocycles. The Morgan fingerprint density at radius 3 is 2.57 bits per heavy atom. The van der Waals surface area contributed by atoms with Gasteiger partial charge in [0.25, 0.3) is 0 Å². The minimum atomic E-state index is -4.72. The summed E-state index contributed by atoms with van der Waals surface area (Å²) in [5.41, 5.74) is -1.42. The quantitative estimate of drug-likeness (QED) is 0.885. The molecule has 0 fully saturated rings. The minimum absolute atomic E-state index is 0.110. The summed E-state index contributed by atoms with van der Waals surface area (Å²) in [6, 6.07) is 5.68. The van der Waals surface area contributed by atoms with Gasteiger partial charge in [-0.1, -0.05) is 18.5 Å². The molecule has 0 saturated heterocycles. The van der Waals surface area contributed by atoms with Crippen molar-refractivity contribution in [2.24, 2.45) is 0 Å². The molecular formula is C14H13ClF3N3O2. The van der Waals surface area contributed by atoms with Crippen molar-refractivity contribution in [1.82, 2.24) is 9.78 Å². The Bertz CT molecular complexity index is 684. The number of carbonyl (C=O) groups is 1. The molecular weight excluding hydrogens is 335 g/mol. The molecule has 0 aliphatic heterocycles. The van der Waals surface area contributed by atoms with Crippen LogP contribution in [0.5, 0.6) is 0 Å². The van der Waals surface area contributed by atoms with E-state index in [9.17, 15) is 18.0 Å². The van der Waals surface area contributed by atoms with Crippen molar-refractivity contribution in [3.05, 3.63) is 41.2 Å². The highest BCUT2D eigenvalue weighted by Crippen LogP contribution is 2.36. The third-order valence-electron chi connectivity index (χ3n) is 2.78. The maximum absolute atomic E-state index is 13.3. The first-order chi connectivity index (χ1) is 10.8. The summed E-state index contributed by atoms with van der Waals surface area (Å²) in [5, 5.41) is 6.15. The lowest BCUT2D eigenvalue weighted by Gasteiger charge is -2.13. The van der Waals surface area contributed by atoms with Crippen LogP contribution in [0.4, 0.5) is 23.7 Å². The van der Waals surface area contributed by atoms with Crippen LogP contribution in [-0.2, 0) is 10.9 Å². The highest BCUT2D eigenvalue weighted by atomic mass is 35.5. The van der Waals surface area contributed by atoms with Crippen LogP contribution in [-0.4, -0.2) is 22.5 Å². The lowest BCUT2D eigenvalue weighted by molar-refractivity contribution is -0.142. The number of amides is 1. The average molecular weight is 348 g/mol. The van der Waals surface area contributed by atoms with E-state index >= 15 is 0 Å². The molecule has 1 heterocycles. The fourth-order valence-corrected chi connectivity index (χ4v) is 1.96. The van der Waals surface area contributed by atoms with Gasteiger partial charge in [-0.2, -0.15) is 18.3 Å². The number of rotatable bonds is 4. The van der Waals surface area contributed by atoms with Crippen molar-refractivity contribution >= 4 is 23.4 Å². The second-order valence-electron chi connectivity index (χ2n) is 4.55. The van der Waals surface area contributed by atoms with E-state index in [1.54, 1.807) is 6.92 Å². The molecule has 2 rings (SSSR count). The van der Waals surface area contributed by atoms with Gasteiger partial charge >= 0.3 is 12.3 Å². The summed E-state index contributed by atoms with van der Waals surface area (Å²) >= 11 is 5.73. The van der Waals surface area contributed by atoms with Crippen LogP contribution in [0.25, 0.3) is 5.69 Å². The number of hydrogen-bond acceptors (Lipinski definition) is 3. The zero-order chi connectivity index (χ0) is 17.0. The Morgan fingerprint density at radius 1 is 1.35 bits per heavy atom. The molecule has 5 nitrogen and oxygen atoms in total. The first kappa shape index (κ1) is 17.1. The van der Waals surface area contributed by atoms with Crippen molar-refractivity contribution in [1.29, 1.82) is 0 Å². The fourth-order valence-electron chi connectivity index (χ4n) is 1.83. The van der Waals surface area contributed by atoms with Crippen LogP contribution >= 0.6 is 11.6 Å². The van der Waals surface area contributed by atoms with Gasteiger partial charge in [0, 0.05) is 5.02 Å². The highest BCUT2D eigenvalue weighted by Gasteiger charge is 2.39. The van der Waals surface area contributed by atoms with Crippen LogP contribution in [0, 0.1) is 0 Å². The van der Waals surface area contributed by atoms with Gasteiger partial charge in [-0.25, -0.2) is 9.48 Å². The van der Waals surface area contributed by atoms with E-state index < -0.39 is 23.7 Å². The summed E-state index contributed by atoms with van der Waals surface area (Å²) in [7, 11) is 0. The van der Waals surface area contributed by atoms with E-state index in [-0.39, 0.29) is 12.3 Å². The highest BCUT2D eigenvalue weighted by molar-refractivity contribution is 6.30. The third-order valence-corrected chi connectivity index (χ3v) is 3.03. The Balaban J connectivity index is 2.37. The first-order valence-electron chi connectivity index (χ1n) is 6.68. The van der Waals surface area contributed by atoms with Gasteiger partial charge in [0.1, 0.15) is 0 Å².